The Kier molecular flexibility index (Phi) is 4.92. The molecule has 3 aromatic rings. The van der Waals surface area contributed by atoms with Gasteiger partial charge >= 0.3 is 6.18 Å². The summed E-state index contributed by atoms with van der Waals surface area (Å²) in [5.41, 5.74) is -0.503. The van der Waals surface area contributed by atoms with Crippen molar-refractivity contribution in [2.24, 2.45) is 0 Å². The van der Waals surface area contributed by atoms with Crippen LogP contribution in [-0.2, 0) is 12.7 Å². The Morgan fingerprint density at radius 3 is 2.69 bits per heavy atom. The molecule has 26 heavy (non-hydrogen) atoms. The molecule has 0 aliphatic carbocycles. The summed E-state index contributed by atoms with van der Waals surface area (Å²) in [7, 11) is 0. The number of rotatable bonds is 5. The molecular formula is C18H14F3N3O2. The molecule has 0 aliphatic heterocycles. The molecule has 2 N–H and O–H groups in total. The van der Waals surface area contributed by atoms with Crippen LogP contribution in [0.3, 0.4) is 0 Å². The van der Waals surface area contributed by atoms with Crippen molar-refractivity contribution in [3.8, 4) is 0 Å². The Balaban J connectivity index is 1.69. The summed E-state index contributed by atoms with van der Waals surface area (Å²) < 4.78 is 43.4. The van der Waals surface area contributed by atoms with E-state index in [4.69, 9.17) is 4.42 Å². The number of anilines is 2. The summed E-state index contributed by atoms with van der Waals surface area (Å²) in [5.74, 6) is 0.608. The van der Waals surface area contributed by atoms with Gasteiger partial charge in [0.25, 0.3) is 5.91 Å². The maximum atomic E-state index is 12.7. The SMILES string of the molecule is O=C(Nc1cccc(C(F)(F)F)c1)c1ccnc(NCc2ccco2)c1. The largest absolute Gasteiger partial charge is 0.467 e. The van der Waals surface area contributed by atoms with Gasteiger partial charge in [0.05, 0.1) is 18.4 Å². The molecule has 0 bridgehead atoms. The third kappa shape index (κ3) is 4.41. The Morgan fingerprint density at radius 2 is 1.96 bits per heavy atom. The first-order valence-corrected chi connectivity index (χ1v) is 7.63. The zero-order chi connectivity index (χ0) is 18.6. The average Bonchev–Trinajstić information content (AvgIpc) is 3.13. The van der Waals surface area contributed by atoms with Crippen LogP contribution < -0.4 is 10.6 Å². The molecule has 3 rings (SSSR count). The van der Waals surface area contributed by atoms with Crippen molar-refractivity contribution in [1.29, 1.82) is 0 Å². The number of pyridine rings is 1. The van der Waals surface area contributed by atoms with Crippen molar-refractivity contribution in [2.75, 3.05) is 10.6 Å². The number of hydrogen-bond acceptors (Lipinski definition) is 4. The summed E-state index contributed by atoms with van der Waals surface area (Å²) in [6.07, 6.45) is -1.49. The van der Waals surface area contributed by atoms with Gasteiger partial charge in [0, 0.05) is 17.4 Å². The molecule has 1 amide bonds. The third-order valence-corrected chi connectivity index (χ3v) is 3.49. The molecule has 0 radical (unpaired) electrons. The molecule has 5 nitrogen and oxygen atoms in total. The van der Waals surface area contributed by atoms with Gasteiger partial charge in [-0.2, -0.15) is 13.2 Å². The maximum Gasteiger partial charge on any atom is 0.416 e. The van der Waals surface area contributed by atoms with E-state index in [0.29, 0.717) is 18.1 Å². The lowest BCUT2D eigenvalue weighted by Gasteiger charge is -2.10. The van der Waals surface area contributed by atoms with Crippen LogP contribution in [0, 0.1) is 0 Å². The number of carbonyl (C=O) groups is 1. The minimum Gasteiger partial charge on any atom is -0.467 e. The number of aromatic nitrogens is 1. The molecule has 0 fully saturated rings. The van der Waals surface area contributed by atoms with E-state index in [1.54, 1.807) is 18.4 Å². The molecule has 0 unspecified atom stereocenters. The number of furan rings is 1. The fourth-order valence-electron chi connectivity index (χ4n) is 2.24. The van der Waals surface area contributed by atoms with Gasteiger partial charge in [0.15, 0.2) is 0 Å². The lowest BCUT2D eigenvalue weighted by Crippen LogP contribution is -2.14. The topological polar surface area (TPSA) is 67.2 Å². The van der Waals surface area contributed by atoms with Gasteiger partial charge in [-0.1, -0.05) is 6.07 Å². The zero-order valence-electron chi connectivity index (χ0n) is 13.4. The third-order valence-electron chi connectivity index (χ3n) is 3.49. The van der Waals surface area contributed by atoms with E-state index in [0.717, 1.165) is 12.1 Å². The van der Waals surface area contributed by atoms with Crippen molar-refractivity contribution < 1.29 is 22.4 Å². The van der Waals surface area contributed by atoms with E-state index in [1.807, 2.05) is 0 Å². The minimum absolute atomic E-state index is 0.0618. The minimum atomic E-state index is -4.47. The molecular weight excluding hydrogens is 347 g/mol. The number of nitrogens with one attached hydrogen (secondary N) is 2. The second-order valence-electron chi connectivity index (χ2n) is 5.40. The monoisotopic (exact) mass is 361 g/mol. The highest BCUT2D eigenvalue weighted by Gasteiger charge is 2.30. The van der Waals surface area contributed by atoms with Crippen LogP contribution in [0.5, 0.6) is 0 Å². The highest BCUT2D eigenvalue weighted by molar-refractivity contribution is 6.04. The summed E-state index contributed by atoms with van der Waals surface area (Å²) in [5, 5.41) is 5.46. The van der Waals surface area contributed by atoms with E-state index in [9.17, 15) is 18.0 Å². The van der Waals surface area contributed by atoms with Crippen molar-refractivity contribution >= 4 is 17.4 Å². The quantitative estimate of drug-likeness (QED) is 0.699. The van der Waals surface area contributed by atoms with Crippen molar-refractivity contribution in [3.05, 3.63) is 77.9 Å². The molecule has 2 aromatic heterocycles. The molecule has 0 atom stereocenters. The van der Waals surface area contributed by atoms with Crippen molar-refractivity contribution in [1.82, 2.24) is 4.98 Å². The van der Waals surface area contributed by atoms with E-state index in [1.165, 1.54) is 30.5 Å². The number of nitrogens with zero attached hydrogens (tertiary/aromatic N) is 1. The number of alkyl halides is 3. The van der Waals surface area contributed by atoms with Gasteiger partial charge in [0.1, 0.15) is 11.6 Å². The number of carbonyl (C=O) groups excluding carboxylic acids is 1. The van der Waals surface area contributed by atoms with Gasteiger partial charge in [0.2, 0.25) is 0 Å². The Labute approximate surface area is 146 Å². The summed E-state index contributed by atoms with van der Waals surface area (Å²) in [6.45, 7) is 0.388. The number of amides is 1. The van der Waals surface area contributed by atoms with E-state index in [-0.39, 0.29) is 11.3 Å². The lowest BCUT2D eigenvalue weighted by molar-refractivity contribution is -0.137. The van der Waals surface area contributed by atoms with Gasteiger partial charge in [-0.3, -0.25) is 4.79 Å². The number of halogens is 3. The van der Waals surface area contributed by atoms with E-state index < -0.39 is 17.6 Å². The van der Waals surface area contributed by atoms with Crippen LogP contribution >= 0.6 is 0 Å². The average molecular weight is 361 g/mol. The van der Waals surface area contributed by atoms with Crippen LogP contribution in [-0.4, -0.2) is 10.9 Å². The van der Waals surface area contributed by atoms with Crippen LogP contribution in [0.15, 0.2) is 65.4 Å². The van der Waals surface area contributed by atoms with Crippen LogP contribution in [0.4, 0.5) is 24.7 Å². The first-order chi connectivity index (χ1) is 12.4. The molecule has 1 aromatic carbocycles. The first kappa shape index (κ1) is 17.5. The molecule has 134 valence electrons. The Morgan fingerprint density at radius 1 is 1.12 bits per heavy atom. The molecule has 0 spiro atoms. The van der Waals surface area contributed by atoms with Crippen LogP contribution in [0.1, 0.15) is 21.7 Å². The zero-order valence-corrected chi connectivity index (χ0v) is 13.4. The predicted molar refractivity (Wildman–Crippen MR) is 89.7 cm³/mol. The van der Waals surface area contributed by atoms with E-state index in [2.05, 4.69) is 15.6 Å². The predicted octanol–water partition coefficient (Wildman–Crippen LogP) is 4.56. The van der Waals surface area contributed by atoms with Gasteiger partial charge in [-0.25, -0.2) is 4.98 Å². The van der Waals surface area contributed by atoms with Crippen LogP contribution in [0.2, 0.25) is 0 Å². The number of benzene rings is 1. The first-order valence-electron chi connectivity index (χ1n) is 7.63. The fourth-order valence-corrected chi connectivity index (χ4v) is 2.24. The number of hydrogen-bond donors (Lipinski definition) is 2. The normalized spacial score (nSPS) is 11.2. The van der Waals surface area contributed by atoms with Gasteiger partial charge < -0.3 is 15.1 Å². The highest BCUT2D eigenvalue weighted by atomic mass is 19.4. The standard InChI is InChI=1S/C18H14F3N3O2/c19-18(20,21)13-3-1-4-14(10-13)24-17(25)12-6-7-22-16(9-12)23-11-15-5-2-8-26-15/h1-10H,11H2,(H,22,23)(H,24,25). The summed E-state index contributed by atoms with van der Waals surface area (Å²) >= 11 is 0. The molecule has 8 heteroatoms. The van der Waals surface area contributed by atoms with Crippen LogP contribution in [0.25, 0.3) is 0 Å². The lowest BCUT2D eigenvalue weighted by atomic mass is 10.2. The van der Waals surface area contributed by atoms with Crippen molar-refractivity contribution in [2.45, 2.75) is 12.7 Å². The second kappa shape index (κ2) is 7.30. The smallest absolute Gasteiger partial charge is 0.416 e. The second-order valence-corrected chi connectivity index (χ2v) is 5.40. The Bertz CT molecular complexity index is 893. The van der Waals surface area contributed by atoms with Crippen molar-refractivity contribution in [3.63, 3.8) is 0 Å². The van der Waals surface area contributed by atoms with E-state index >= 15 is 0 Å². The van der Waals surface area contributed by atoms with Gasteiger partial charge in [-0.05, 0) is 42.5 Å². The molecule has 0 saturated heterocycles. The Hall–Kier alpha value is -3.29. The summed E-state index contributed by atoms with van der Waals surface area (Å²) in [6, 6.07) is 11.0. The summed E-state index contributed by atoms with van der Waals surface area (Å²) in [4.78, 5) is 16.4. The maximum absolute atomic E-state index is 12.7. The molecule has 2 heterocycles. The molecule has 0 aliphatic rings. The fraction of sp³-hybridized carbons (Fsp3) is 0.111. The van der Waals surface area contributed by atoms with Gasteiger partial charge in [-0.15, -0.1) is 0 Å². The molecule has 0 saturated carbocycles. The highest BCUT2D eigenvalue weighted by Crippen LogP contribution is 2.30.